The predicted octanol–water partition coefficient (Wildman–Crippen LogP) is 6.87. The van der Waals surface area contributed by atoms with Gasteiger partial charge in [-0.25, -0.2) is 0 Å². The van der Waals surface area contributed by atoms with Gasteiger partial charge in [-0.3, -0.25) is 25.0 Å². The summed E-state index contributed by atoms with van der Waals surface area (Å²) < 4.78 is 0. The van der Waals surface area contributed by atoms with Crippen LogP contribution in [0.4, 0.5) is 0 Å². The van der Waals surface area contributed by atoms with Gasteiger partial charge in [0, 0.05) is 0 Å². The zero-order valence-electron chi connectivity index (χ0n) is 18.4. The Morgan fingerprint density at radius 1 is 0.586 bits per heavy atom. The Labute approximate surface area is 176 Å². The monoisotopic (exact) mass is 414 g/mol. The van der Waals surface area contributed by atoms with Crippen LogP contribution in [0, 0.1) is 20.2 Å². The van der Waals surface area contributed by atoms with Gasteiger partial charge >= 0.3 is 5.66 Å². The van der Waals surface area contributed by atoms with Crippen molar-refractivity contribution in [2.45, 2.75) is 135 Å². The van der Waals surface area contributed by atoms with Crippen LogP contribution in [-0.2, 0) is 4.79 Å². The van der Waals surface area contributed by atoms with Crippen molar-refractivity contribution >= 4 is 6.29 Å². The molecule has 0 aromatic rings. The van der Waals surface area contributed by atoms with Gasteiger partial charge in [-0.1, -0.05) is 116 Å². The molecule has 0 saturated heterocycles. The summed E-state index contributed by atoms with van der Waals surface area (Å²) in [6.45, 7) is 2.25. The Morgan fingerprint density at radius 3 is 1.10 bits per heavy atom. The minimum atomic E-state index is -2.66. The third kappa shape index (κ3) is 13.3. The van der Waals surface area contributed by atoms with Crippen molar-refractivity contribution in [2.75, 3.05) is 0 Å². The standard InChI is InChI=1S/C22H42N2O5/c1-2-3-4-5-6-7-8-9-10-11-12-13-14-15-16-17-18-19-20-22(21-25,23(26)27)24(28)29/h21H,2-20H2,1H3. The fourth-order valence-corrected chi connectivity index (χ4v) is 3.68. The van der Waals surface area contributed by atoms with E-state index in [-0.39, 0.29) is 12.7 Å². The van der Waals surface area contributed by atoms with Gasteiger partial charge in [0.25, 0.3) is 6.29 Å². The number of aldehydes is 1. The zero-order valence-corrected chi connectivity index (χ0v) is 18.4. The summed E-state index contributed by atoms with van der Waals surface area (Å²) in [4.78, 5) is 30.4. The fourth-order valence-electron chi connectivity index (χ4n) is 3.68. The average molecular weight is 415 g/mol. The molecular weight excluding hydrogens is 372 g/mol. The van der Waals surface area contributed by atoms with Crippen LogP contribution in [0.2, 0.25) is 0 Å². The number of carbonyl (C=O) groups is 1. The summed E-state index contributed by atoms with van der Waals surface area (Å²) in [6.07, 6.45) is 21.1. The molecule has 0 aromatic heterocycles. The lowest BCUT2D eigenvalue weighted by atomic mass is 10.0. The van der Waals surface area contributed by atoms with E-state index < -0.39 is 15.5 Å². The highest BCUT2D eigenvalue weighted by atomic mass is 16.7. The maximum Gasteiger partial charge on any atom is 0.512 e. The first-order valence-electron chi connectivity index (χ1n) is 11.8. The van der Waals surface area contributed by atoms with Gasteiger partial charge in [-0.05, 0) is 6.42 Å². The average Bonchev–Trinajstić information content (AvgIpc) is 2.69. The van der Waals surface area contributed by atoms with E-state index in [0.717, 1.165) is 19.3 Å². The fraction of sp³-hybridized carbons (Fsp3) is 0.955. The Kier molecular flexibility index (Phi) is 17.5. The molecule has 0 aromatic carbocycles. The van der Waals surface area contributed by atoms with E-state index in [0.29, 0.717) is 12.8 Å². The first-order chi connectivity index (χ1) is 14.0. The lowest BCUT2D eigenvalue weighted by Crippen LogP contribution is -2.47. The van der Waals surface area contributed by atoms with Crippen molar-refractivity contribution in [2.24, 2.45) is 0 Å². The summed E-state index contributed by atoms with van der Waals surface area (Å²) >= 11 is 0. The second-order valence-electron chi connectivity index (χ2n) is 8.27. The first-order valence-corrected chi connectivity index (χ1v) is 11.8. The van der Waals surface area contributed by atoms with Crippen molar-refractivity contribution in [3.63, 3.8) is 0 Å². The molecule has 0 aliphatic heterocycles. The van der Waals surface area contributed by atoms with Crippen LogP contribution in [0.15, 0.2) is 0 Å². The summed E-state index contributed by atoms with van der Waals surface area (Å²) in [7, 11) is 0. The number of hydrogen-bond donors (Lipinski definition) is 0. The second kappa shape index (κ2) is 18.5. The van der Waals surface area contributed by atoms with Crippen LogP contribution in [0.3, 0.4) is 0 Å². The van der Waals surface area contributed by atoms with Crippen LogP contribution in [0.5, 0.6) is 0 Å². The summed E-state index contributed by atoms with van der Waals surface area (Å²) in [6, 6.07) is 0. The molecule has 0 fully saturated rings. The molecule has 0 bridgehead atoms. The number of rotatable bonds is 22. The number of nitro groups is 2. The highest BCUT2D eigenvalue weighted by molar-refractivity contribution is 5.59. The SMILES string of the molecule is CCCCCCCCCCCCCCCCCCCCC(C=O)([N+](=O)[O-])[N+](=O)[O-]. The Hall–Kier alpha value is -1.53. The van der Waals surface area contributed by atoms with Crippen molar-refractivity contribution in [3.8, 4) is 0 Å². The molecule has 0 saturated carbocycles. The molecule has 0 aliphatic carbocycles. The van der Waals surface area contributed by atoms with Crippen molar-refractivity contribution in [1.29, 1.82) is 0 Å². The van der Waals surface area contributed by atoms with E-state index in [1.807, 2.05) is 0 Å². The van der Waals surface area contributed by atoms with Gasteiger partial charge < -0.3 is 0 Å². The number of nitrogens with zero attached hydrogens (tertiary/aromatic N) is 2. The van der Waals surface area contributed by atoms with E-state index in [1.165, 1.54) is 83.5 Å². The highest BCUT2D eigenvalue weighted by Gasteiger charge is 2.55. The lowest BCUT2D eigenvalue weighted by molar-refractivity contribution is -0.774. The van der Waals surface area contributed by atoms with Crippen molar-refractivity contribution in [3.05, 3.63) is 20.2 Å². The van der Waals surface area contributed by atoms with Gasteiger partial charge in [0.05, 0.1) is 6.42 Å². The highest BCUT2D eigenvalue weighted by Crippen LogP contribution is 2.19. The van der Waals surface area contributed by atoms with Gasteiger partial charge in [0.1, 0.15) is 9.85 Å². The maximum absolute atomic E-state index is 10.8. The molecule has 0 rings (SSSR count). The molecule has 29 heavy (non-hydrogen) atoms. The minimum Gasteiger partial charge on any atom is -0.287 e. The zero-order chi connectivity index (χ0) is 21.8. The third-order valence-electron chi connectivity index (χ3n) is 5.72. The maximum atomic E-state index is 10.8. The molecule has 7 heteroatoms. The largest absolute Gasteiger partial charge is 0.512 e. The molecule has 7 nitrogen and oxygen atoms in total. The molecule has 0 aliphatic rings. The van der Waals surface area contributed by atoms with Crippen LogP contribution in [0.1, 0.15) is 129 Å². The van der Waals surface area contributed by atoms with E-state index in [2.05, 4.69) is 6.92 Å². The molecule has 0 atom stereocenters. The smallest absolute Gasteiger partial charge is 0.287 e. The Balaban J connectivity index is 3.41. The summed E-state index contributed by atoms with van der Waals surface area (Å²) in [5.41, 5.74) is -2.66. The second-order valence-corrected chi connectivity index (χ2v) is 8.27. The first kappa shape index (κ1) is 27.5. The van der Waals surface area contributed by atoms with Gasteiger partial charge in [0.15, 0.2) is 0 Å². The molecule has 0 radical (unpaired) electrons. The Bertz CT molecular complexity index is 429. The van der Waals surface area contributed by atoms with Crippen LogP contribution < -0.4 is 0 Å². The summed E-state index contributed by atoms with van der Waals surface area (Å²) in [5.74, 6) is 0. The van der Waals surface area contributed by atoms with Gasteiger partial charge in [0.2, 0.25) is 0 Å². The molecule has 0 N–H and O–H groups in total. The number of unbranched alkanes of at least 4 members (excludes halogenated alkanes) is 17. The van der Waals surface area contributed by atoms with Crippen LogP contribution in [0.25, 0.3) is 0 Å². The van der Waals surface area contributed by atoms with E-state index >= 15 is 0 Å². The lowest BCUT2D eigenvalue weighted by Gasteiger charge is -2.10. The third-order valence-corrected chi connectivity index (χ3v) is 5.72. The van der Waals surface area contributed by atoms with Gasteiger partial charge in [-0.15, -0.1) is 0 Å². The van der Waals surface area contributed by atoms with E-state index in [9.17, 15) is 25.0 Å². The molecule has 0 unspecified atom stereocenters. The van der Waals surface area contributed by atoms with E-state index in [1.54, 1.807) is 0 Å². The molecule has 0 amide bonds. The van der Waals surface area contributed by atoms with Crippen molar-refractivity contribution < 1.29 is 14.6 Å². The number of carbonyl (C=O) groups excluding carboxylic acids is 1. The minimum absolute atomic E-state index is 0.138. The molecule has 170 valence electrons. The molecule has 0 heterocycles. The van der Waals surface area contributed by atoms with Gasteiger partial charge in [-0.2, -0.15) is 0 Å². The normalized spacial score (nSPS) is 11.5. The predicted molar refractivity (Wildman–Crippen MR) is 116 cm³/mol. The molecular formula is C22H42N2O5. The van der Waals surface area contributed by atoms with Crippen LogP contribution in [-0.4, -0.2) is 21.8 Å². The van der Waals surface area contributed by atoms with Crippen molar-refractivity contribution in [1.82, 2.24) is 0 Å². The quantitative estimate of drug-likeness (QED) is 0.0632. The topological polar surface area (TPSA) is 103 Å². The summed E-state index contributed by atoms with van der Waals surface area (Å²) in [5, 5.41) is 21.7. The molecule has 0 spiro atoms. The number of hydrogen-bond acceptors (Lipinski definition) is 5. The van der Waals surface area contributed by atoms with Crippen LogP contribution >= 0.6 is 0 Å². The van der Waals surface area contributed by atoms with E-state index in [4.69, 9.17) is 0 Å². The Morgan fingerprint density at radius 2 is 0.862 bits per heavy atom.